The second kappa shape index (κ2) is 6.90. The van der Waals surface area contributed by atoms with E-state index in [4.69, 9.17) is 9.47 Å². The molecule has 2 aliphatic rings. The van der Waals surface area contributed by atoms with E-state index >= 15 is 0 Å². The number of carbonyl (C=O) groups is 1. The van der Waals surface area contributed by atoms with Crippen LogP contribution in [0.1, 0.15) is 32.5 Å². The molecule has 0 saturated carbocycles. The highest BCUT2D eigenvalue weighted by Gasteiger charge is 2.33. The maximum absolute atomic E-state index is 12.8. The first-order valence-corrected chi connectivity index (χ1v) is 10.2. The van der Waals surface area contributed by atoms with E-state index in [0.717, 1.165) is 39.2 Å². The number of methoxy groups -OCH3 is 2. The number of likely N-dealkylation sites (N-methyl/N-ethyl adjacent to an activating group) is 1. The first kappa shape index (κ1) is 17.9. The average Bonchev–Trinajstić information content (AvgIpc) is 2.98. The molecule has 0 radical (unpaired) electrons. The van der Waals surface area contributed by atoms with Crippen molar-refractivity contribution in [1.82, 2.24) is 10.2 Å². The van der Waals surface area contributed by atoms with Crippen molar-refractivity contribution in [1.29, 1.82) is 0 Å². The Kier molecular flexibility index (Phi) is 4.74. The van der Waals surface area contributed by atoms with E-state index in [-0.39, 0.29) is 12.1 Å². The van der Waals surface area contributed by atoms with Gasteiger partial charge < -0.3 is 25.0 Å². The van der Waals surface area contributed by atoms with Crippen molar-refractivity contribution in [3.8, 4) is 11.5 Å². The fourth-order valence-corrected chi connectivity index (χ4v) is 5.71. The van der Waals surface area contributed by atoms with E-state index in [2.05, 4.69) is 45.2 Å². The minimum Gasteiger partial charge on any atom is -0.493 e. The Hall–Kier alpha value is -1.52. The third-order valence-electron chi connectivity index (χ3n) is 4.81. The van der Waals surface area contributed by atoms with Crippen LogP contribution in [0.25, 0.3) is 0 Å². The normalized spacial score (nSPS) is 19.2. The van der Waals surface area contributed by atoms with Crippen LogP contribution in [0, 0.1) is 3.57 Å². The van der Waals surface area contributed by atoms with Gasteiger partial charge >= 0.3 is 0 Å². The molecule has 2 aromatic rings. The molecule has 1 amide bonds. The molecular weight excluding hydrogens is 465 g/mol. The number of hydrogen-bond donors (Lipinski definition) is 2. The number of fused-ring (bicyclic) bond motifs is 3. The first-order valence-electron chi connectivity index (χ1n) is 8.33. The van der Waals surface area contributed by atoms with Crippen molar-refractivity contribution in [3.05, 3.63) is 37.3 Å². The molecule has 0 aliphatic carbocycles. The van der Waals surface area contributed by atoms with E-state index in [1.807, 2.05) is 12.1 Å². The van der Waals surface area contributed by atoms with Crippen LogP contribution in [0.4, 0.5) is 5.00 Å². The van der Waals surface area contributed by atoms with E-state index in [1.54, 1.807) is 25.6 Å². The summed E-state index contributed by atoms with van der Waals surface area (Å²) in [4.78, 5) is 16.4. The molecule has 1 aromatic heterocycles. The Balaban J connectivity index is 1.70. The monoisotopic (exact) mass is 485 g/mol. The topological polar surface area (TPSA) is 62.8 Å². The van der Waals surface area contributed by atoms with E-state index < -0.39 is 0 Å². The maximum atomic E-state index is 12.8. The van der Waals surface area contributed by atoms with Crippen molar-refractivity contribution in [2.24, 2.45) is 0 Å². The molecule has 0 spiro atoms. The zero-order valence-corrected chi connectivity index (χ0v) is 17.8. The number of halogens is 1. The second-order valence-electron chi connectivity index (χ2n) is 6.48. The molecule has 3 heterocycles. The molecule has 6 nitrogen and oxygen atoms in total. The minimum absolute atomic E-state index is 0.00408. The van der Waals surface area contributed by atoms with Gasteiger partial charge in [-0.25, -0.2) is 0 Å². The van der Waals surface area contributed by atoms with Gasteiger partial charge in [-0.05, 0) is 59.3 Å². The lowest BCUT2D eigenvalue weighted by atomic mass is 10.0. The van der Waals surface area contributed by atoms with Crippen LogP contribution in [-0.2, 0) is 13.0 Å². The third-order valence-corrected chi connectivity index (χ3v) is 6.76. The lowest BCUT2D eigenvalue weighted by molar-refractivity contribution is 0.0934. The van der Waals surface area contributed by atoms with Gasteiger partial charge in [0.15, 0.2) is 11.5 Å². The van der Waals surface area contributed by atoms with Gasteiger partial charge in [-0.3, -0.25) is 4.79 Å². The van der Waals surface area contributed by atoms with Crippen LogP contribution < -0.4 is 20.1 Å². The Morgan fingerprint density at radius 3 is 2.81 bits per heavy atom. The molecule has 26 heavy (non-hydrogen) atoms. The fraction of sp³-hybridized carbons (Fsp3) is 0.389. The summed E-state index contributed by atoms with van der Waals surface area (Å²) in [5.41, 5.74) is 2.97. The SMILES string of the molecule is COc1cc(C2NC(=O)c3c(sc4c3CCN(C)C4)N2)cc(I)c1OC. The van der Waals surface area contributed by atoms with E-state index in [0.29, 0.717) is 11.5 Å². The number of hydrogen-bond acceptors (Lipinski definition) is 6. The quantitative estimate of drug-likeness (QED) is 0.655. The summed E-state index contributed by atoms with van der Waals surface area (Å²) >= 11 is 3.91. The Morgan fingerprint density at radius 2 is 2.08 bits per heavy atom. The van der Waals surface area contributed by atoms with Gasteiger partial charge in [0.05, 0.1) is 23.4 Å². The zero-order chi connectivity index (χ0) is 18.4. The molecule has 1 aromatic carbocycles. The predicted octanol–water partition coefficient (Wildman–Crippen LogP) is 3.21. The first-order chi connectivity index (χ1) is 12.5. The maximum Gasteiger partial charge on any atom is 0.256 e. The number of benzene rings is 1. The summed E-state index contributed by atoms with van der Waals surface area (Å²) in [5.74, 6) is 1.35. The number of nitrogens with zero attached hydrogens (tertiary/aromatic N) is 1. The number of amides is 1. The van der Waals surface area contributed by atoms with Crippen LogP contribution in [0.3, 0.4) is 0 Å². The molecule has 0 fully saturated rings. The minimum atomic E-state index is -0.291. The van der Waals surface area contributed by atoms with Gasteiger partial charge in [0.1, 0.15) is 11.2 Å². The van der Waals surface area contributed by atoms with Crippen LogP contribution >= 0.6 is 33.9 Å². The van der Waals surface area contributed by atoms with Crippen molar-refractivity contribution < 1.29 is 14.3 Å². The van der Waals surface area contributed by atoms with E-state index in [9.17, 15) is 4.79 Å². The summed E-state index contributed by atoms with van der Waals surface area (Å²) in [5, 5.41) is 7.56. The van der Waals surface area contributed by atoms with Crippen LogP contribution in [-0.4, -0.2) is 38.6 Å². The van der Waals surface area contributed by atoms with Crippen molar-refractivity contribution in [2.75, 3.05) is 33.1 Å². The lowest BCUT2D eigenvalue weighted by Gasteiger charge is -2.28. The summed E-state index contributed by atoms with van der Waals surface area (Å²) in [6.45, 7) is 1.89. The summed E-state index contributed by atoms with van der Waals surface area (Å²) in [6.07, 6.45) is 0.632. The molecule has 2 aliphatic heterocycles. The predicted molar refractivity (Wildman–Crippen MR) is 110 cm³/mol. The number of anilines is 1. The van der Waals surface area contributed by atoms with Gasteiger partial charge in [-0.15, -0.1) is 11.3 Å². The molecule has 8 heteroatoms. The molecular formula is C18H20IN3O3S. The van der Waals surface area contributed by atoms with Gasteiger partial charge in [0, 0.05) is 18.0 Å². The highest BCUT2D eigenvalue weighted by molar-refractivity contribution is 14.1. The molecule has 0 bridgehead atoms. The molecule has 1 unspecified atom stereocenters. The van der Waals surface area contributed by atoms with Crippen molar-refractivity contribution in [3.63, 3.8) is 0 Å². The number of nitrogens with one attached hydrogen (secondary N) is 2. The molecule has 1 atom stereocenters. The standard InChI is InChI=1S/C18H20IN3O3S/c1-22-5-4-10-13(8-22)26-18-14(10)17(23)20-16(21-18)9-6-11(19)15(25-3)12(7-9)24-2/h6-7,16,21H,4-5,8H2,1-3H3,(H,20,23). The molecule has 4 rings (SSSR count). The Bertz CT molecular complexity index is 883. The number of ether oxygens (including phenoxy) is 2. The van der Waals surface area contributed by atoms with Gasteiger partial charge in [-0.1, -0.05) is 0 Å². The zero-order valence-electron chi connectivity index (χ0n) is 14.8. The molecule has 2 N–H and O–H groups in total. The Morgan fingerprint density at radius 1 is 1.27 bits per heavy atom. The number of rotatable bonds is 3. The van der Waals surface area contributed by atoms with Gasteiger partial charge in [0.25, 0.3) is 5.91 Å². The van der Waals surface area contributed by atoms with Crippen LogP contribution in [0.5, 0.6) is 11.5 Å². The number of thiophene rings is 1. The smallest absolute Gasteiger partial charge is 0.256 e. The average molecular weight is 485 g/mol. The third kappa shape index (κ3) is 2.93. The summed E-state index contributed by atoms with van der Waals surface area (Å²) in [6, 6.07) is 3.91. The molecule has 138 valence electrons. The second-order valence-corrected chi connectivity index (χ2v) is 8.75. The Labute approximate surface area is 170 Å². The van der Waals surface area contributed by atoms with Gasteiger partial charge in [0.2, 0.25) is 0 Å². The van der Waals surface area contributed by atoms with Crippen LogP contribution in [0.15, 0.2) is 12.1 Å². The van der Waals surface area contributed by atoms with Crippen molar-refractivity contribution >= 4 is 44.8 Å². The van der Waals surface area contributed by atoms with E-state index in [1.165, 1.54) is 10.4 Å². The van der Waals surface area contributed by atoms with Gasteiger partial charge in [-0.2, -0.15) is 0 Å². The number of carbonyl (C=O) groups excluding carboxylic acids is 1. The highest BCUT2D eigenvalue weighted by Crippen LogP contribution is 2.42. The largest absolute Gasteiger partial charge is 0.493 e. The van der Waals surface area contributed by atoms with Crippen LogP contribution in [0.2, 0.25) is 0 Å². The molecule has 0 saturated heterocycles. The highest BCUT2D eigenvalue weighted by atomic mass is 127. The summed E-state index contributed by atoms with van der Waals surface area (Å²) in [7, 11) is 5.36. The lowest BCUT2D eigenvalue weighted by Crippen LogP contribution is -2.38. The summed E-state index contributed by atoms with van der Waals surface area (Å²) < 4.78 is 11.8. The fourth-order valence-electron chi connectivity index (χ4n) is 3.51. The van der Waals surface area contributed by atoms with Crippen molar-refractivity contribution in [2.45, 2.75) is 19.1 Å².